The zero-order valence-corrected chi connectivity index (χ0v) is 9.97. The molecule has 0 atom stereocenters. The van der Waals surface area contributed by atoms with Gasteiger partial charge >= 0.3 is 0 Å². The van der Waals surface area contributed by atoms with E-state index in [1.54, 1.807) is 6.07 Å². The molecule has 0 radical (unpaired) electrons. The van der Waals surface area contributed by atoms with Crippen LogP contribution in [0.15, 0.2) is 12.1 Å². The zero-order valence-electron chi connectivity index (χ0n) is 9.21. The molecule has 0 unspecified atom stereocenters. The van der Waals surface area contributed by atoms with Gasteiger partial charge in [0.1, 0.15) is 5.69 Å². The highest BCUT2D eigenvalue weighted by Crippen LogP contribution is 2.34. The predicted molar refractivity (Wildman–Crippen MR) is 66.4 cm³/mol. The summed E-state index contributed by atoms with van der Waals surface area (Å²) < 4.78 is 0. The molecular formula is C10H14ClN3O2. The van der Waals surface area contributed by atoms with Crippen molar-refractivity contribution in [3.8, 4) is 0 Å². The summed E-state index contributed by atoms with van der Waals surface area (Å²) in [6, 6.07) is 3.02. The summed E-state index contributed by atoms with van der Waals surface area (Å²) in [4.78, 5) is 10.4. The Labute approximate surface area is 98.9 Å². The Kier molecular flexibility index (Phi) is 4.37. The number of nitrogens with zero attached hydrogens (tertiary/aromatic N) is 1. The minimum atomic E-state index is -0.445. The maximum Gasteiger partial charge on any atom is 0.293 e. The van der Waals surface area contributed by atoms with Crippen LogP contribution in [0.3, 0.4) is 0 Å². The Morgan fingerprint density at radius 2 is 1.81 bits per heavy atom. The van der Waals surface area contributed by atoms with E-state index in [0.717, 1.165) is 0 Å². The van der Waals surface area contributed by atoms with Crippen LogP contribution in [0.25, 0.3) is 0 Å². The molecule has 0 heterocycles. The molecule has 88 valence electrons. The van der Waals surface area contributed by atoms with Gasteiger partial charge in [-0.1, -0.05) is 11.6 Å². The van der Waals surface area contributed by atoms with Crippen molar-refractivity contribution < 1.29 is 4.92 Å². The minimum Gasteiger partial charge on any atom is -0.384 e. The smallest absolute Gasteiger partial charge is 0.293 e. The molecule has 0 saturated carbocycles. The van der Waals surface area contributed by atoms with Gasteiger partial charge in [0, 0.05) is 19.2 Å². The van der Waals surface area contributed by atoms with E-state index in [0.29, 0.717) is 29.5 Å². The fraction of sp³-hybridized carbons (Fsp3) is 0.400. The second-order valence-electron chi connectivity index (χ2n) is 3.17. The highest BCUT2D eigenvalue weighted by molar-refractivity contribution is 6.33. The van der Waals surface area contributed by atoms with Crippen LogP contribution >= 0.6 is 11.6 Å². The maximum atomic E-state index is 10.8. The molecule has 1 aromatic carbocycles. The Morgan fingerprint density at radius 1 is 1.25 bits per heavy atom. The zero-order chi connectivity index (χ0) is 12.1. The molecular weight excluding hydrogens is 230 g/mol. The first-order valence-corrected chi connectivity index (χ1v) is 5.43. The van der Waals surface area contributed by atoms with Crippen LogP contribution in [-0.4, -0.2) is 18.0 Å². The normalized spacial score (nSPS) is 9.94. The fourth-order valence-electron chi connectivity index (χ4n) is 1.37. The summed E-state index contributed by atoms with van der Waals surface area (Å²) in [5.41, 5.74) is 1.17. The lowest BCUT2D eigenvalue weighted by Crippen LogP contribution is -2.04. The van der Waals surface area contributed by atoms with Crippen molar-refractivity contribution in [2.45, 2.75) is 13.8 Å². The lowest BCUT2D eigenvalue weighted by molar-refractivity contribution is -0.383. The largest absolute Gasteiger partial charge is 0.384 e. The van der Waals surface area contributed by atoms with Gasteiger partial charge in [0.05, 0.1) is 15.6 Å². The van der Waals surface area contributed by atoms with Crippen LogP contribution in [0.2, 0.25) is 5.02 Å². The molecule has 16 heavy (non-hydrogen) atoms. The van der Waals surface area contributed by atoms with Crippen molar-refractivity contribution in [3.05, 3.63) is 27.3 Å². The van der Waals surface area contributed by atoms with Crippen molar-refractivity contribution in [2.24, 2.45) is 0 Å². The van der Waals surface area contributed by atoms with Gasteiger partial charge in [-0.3, -0.25) is 10.1 Å². The van der Waals surface area contributed by atoms with E-state index < -0.39 is 4.92 Å². The van der Waals surface area contributed by atoms with E-state index in [9.17, 15) is 10.1 Å². The Morgan fingerprint density at radius 3 is 2.31 bits per heavy atom. The van der Waals surface area contributed by atoms with E-state index in [2.05, 4.69) is 10.6 Å². The van der Waals surface area contributed by atoms with E-state index in [1.165, 1.54) is 6.07 Å². The second kappa shape index (κ2) is 5.55. The van der Waals surface area contributed by atoms with Crippen molar-refractivity contribution in [3.63, 3.8) is 0 Å². The Balaban J connectivity index is 3.19. The number of nitro groups is 1. The number of benzene rings is 1. The molecule has 0 spiro atoms. The molecule has 1 rings (SSSR count). The second-order valence-corrected chi connectivity index (χ2v) is 3.57. The highest BCUT2D eigenvalue weighted by atomic mass is 35.5. The third-order valence-electron chi connectivity index (χ3n) is 2.02. The Bertz CT molecular complexity index is 396. The van der Waals surface area contributed by atoms with Crippen LogP contribution in [0, 0.1) is 10.1 Å². The van der Waals surface area contributed by atoms with Gasteiger partial charge < -0.3 is 10.6 Å². The van der Waals surface area contributed by atoms with Gasteiger partial charge in [-0.25, -0.2) is 0 Å². The number of nitrogens with one attached hydrogen (secondary N) is 2. The quantitative estimate of drug-likeness (QED) is 0.616. The fourth-order valence-corrected chi connectivity index (χ4v) is 1.60. The molecule has 0 amide bonds. The van der Waals surface area contributed by atoms with Crippen molar-refractivity contribution in [1.82, 2.24) is 0 Å². The summed E-state index contributed by atoms with van der Waals surface area (Å²) in [5, 5.41) is 17.2. The number of hydrogen-bond donors (Lipinski definition) is 2. The van der Waals surface area contributed by atoms with Gasteiger partial charge in [0.25, 0.3) is 5.69 Å². The van der Waals surface area contributed by atoms with Crippen molar-refractivity contribution in [2.75, 3.05) is 23.7 Å². The van der Waals surface area contributed by atoms with E-state index >= 15 is 0 Å². The number of anilines is 2. The number of rotatable bonds is 5. The van der Waals surface area contributed by atoms with E-state index in [-0.39, 0.29) is 5.69 Å². The lowest BCUT2D eigenvalue weighted by atomic mass is 10.2. The molecule has 0 aliphatic heterocycles. The topological polar surface area (TPSA) is 67.2 Å². The molecule has 1 aromatic rings. The summed E-state index contributed by atoms with van der Waals surface area (Å²) in [7, 11) is 0. The highest BCUT2D eigenvalue weighted by Gasteiger charge is 2.16. The van der Waals surface area contributed by atoms with Crippen LogP contribution in [0.1, 0.15) is 13.8 Å². The van der Waals surface area contributed by atoms with Gasteiger partial charge in [0.15, 0.2) is 0 Å². The molecule has 0 aliphatic rings. The summed E-state index contributed by atoms with van der Waals surface area (Å²) >= 11 is 5.93. The summed E-state index contributed by atoms with van der Waals surface area (Å²) in [5.74, 6) is 0. The molecule has 0 aliphatic carbocycles. The van der Waals surface area contributed by atoms with Gasteiger partial charge in [-0.15, -0.1) is 0 Å². The van der Waals surface area contributed by atoms with Crippen LogP contribution in [0.5, 0.6) is 0 Å². The first-order valence-electron chi connectivity index (χ1n) is 5.05. The van der Waals surface area contributed by atoms with Crippen molar-refractivity contribution in [1.29, 1.82) is 0 Å². The van der Waals surface area contributed by atoms with Gasteiger partial charge in [0.2, 0.25) is 0 Å². The third kappa shape index (κ3) is 2.76. The number of nitro benzene ring substituents is 1. The first kappa shape index (κ1) is 12.6. The van der Waals surface area contributed by atoms with Crippen LogP contribution in [0.4, 0.5) is 17.1 Å². The molecule has 0 saturated heterocycles. The standard InChI is InChI=1S/C10H14ClN3O2/c1-3-12-8-6-9(13-4-2)10(14(15)16)5-7(8)11/h5-6,12-13H,3-4H2,1-2H3. The molecule has 0 aromatic heterocycles. The third-order valence-corrected chi connectivity index (χ3v) is 2.33. The lowest BCUT2D eigenvalue weighted by Gasteiger charge is -2.10. The average molecular weight is 244 g/mol. The van der Waals surface area contributed by atoms with Crippen LogP contribution in [-0.2, 0) is 0 Å². The molecule has 5 nitrogen and oxygen atoms in total. The van der Waals surface area contributed by atoms with E-state index in [1.807, 2.05) is 13.8 Å². The molecule has 0 bridgehead atoms. The summed E-state index contributed by atoms with van der Waals surface area (Å²) in [6.45, 7) is 5.15. The van der Waals surface area contributed by atoms with Gasteiger partial charge in [-0.2, -0.15) is 0 Å². The molecule has 6 heteroatoms. The minimum absolute atomic E-state index is 0.00602. The SMILES string of the molecule is CCNc1cc(NCC)c([N+](=O)[O-])cc1Cl. The number of halogens is 1. The molecule has 2 N–H and O–H groups in total. The van der Waals surface area contributed by atoms with Crippen LogP contribution < -0.4 is 10.6 Å². The molecule has 0 fully saturated rings. The Hall–Kier alpha value is -1.49. The monoisotopic (exact) mass is 243 g/mol. The van der Waals surface area contributed by atoms with E-state index in [4.69, 9.17) is 11.6 Å². The predicted octanol–water partition coefficient (Wildman–Crippen LogP) is 3.11. The van der Waals surface area contributed by atoms with Crippen molar-refractivity contribution >= 4 is 28.7 Å². The number of hydrogen-bond acceptors (Lipinski definition) is 4. The van der Waals surface area contributed by atoms with Gasteiger partial charge in [-0.05, 0) is 19.9 Å². The first-order chi connectivity index (χ1) is 7.60. The summed E-state index contributed by atoms with van der Waals surface area (Å²) in [6.07, 6.45) is 0. The maximum absolute atomic E-state index is 10.8. The average Bonchev–Trinajstić information content (AvgIpc) is 2.23.